The molecule has 10 rings (SSSR count). The predicted molar refractivity (Wildman–Crippen MR) is 191 cm³/mol. The van der Waals surface area contributed by atoms with Crippen LogP contribution in [0.5, 0.6) is 0 Å². The van der Waals surface area contributed by atoms with Crippen LogP contribution in [0.4, 0.5) is 0 Å². The Morgan fingerprint density at radius 2 is 0.826 bits per heavy atom. The first kappa shape index (κ1) is 26.5. The lowest BCUT2D eigenvalue weighted by molar-refractivity contribution is 0.00578. The van der Waals surface area contributed by atoms with Crippen LogP contribution in [0.15, 0.2) is 127 Å². The first-order valence-corrected chi connectivity index (χ1v) is 16.4. The van der Waals surface area contributed by atoms with Gasteiger partial charge in [-0.05, 0) is 122 Å². The summed E-state index contributed by atoms with van der Waals surface area (Å²) < 4.78 is 13.1. The van der Waals surface area contributed by atoms with Gasteiger partial charge in [-0.3, -0.25) is 0 Å². The molecule has 3 aliphatic rings. The molecule has 0 saturated carbocycles. The van der Waals surface area contributed by atoms with E-state index in [1.54, 1.807) is 0 Å². The van der Waals surface area contributed by atoms with Crippen LogP contribution in [0.2, 0.25) is 0 Å². The molecule has 0 N–H and O–H groups in total. The standard InChI is InChI=1S/C43H33BO2/c1-41(2)42(3,4)46-44(45-41)26-21-22-39-35(23-26)31-17-9-11-19-37(31)43(39)38-20-12-10-18-32(38)36-24-33-29-15-7-5-13-27(29)28-14-6-8-16-30(28)34(33)25-40(36)43/h5-25H,1-4H3. The highest BCUT2D eigenvalue weighted by Crippen LogP contribution is 2.63. The Kier molecular flexibility index (Phi) is 5.05. The van der Waals surface area contributed by atoms with Crippen molar-refractivity contribution in [3.05, 3.63) is 150 Å². The Labute approximate surface area is 269 Å². The molecule has 0 aromatic heterocycles. The van der Waals surface area contributed by atoms with Gasteiger partial charge in [-0.25, -0.2) is 0 Å². The maximum Gasteiger partial charge on any atom is 0.494 e. The van der Waals surface area contributed by atoms with Gasteiger partial charge in [0, 0.05) is 0 Å². The molecule has 1 spiro atoms. The molecule has 1 unspecified atom stereocenters. The number of rotatable bonds is 1. The third-order valence-corrected chi connectivity index (χ3v) is 11.5. The van der Waals surface area contributed by atoms with Crippen LogP contribution in [0, 0.1) is 0 Å². The summed E-state index contributed by atoms with van der Waals surface area (Å²) in [4.78, 5) is 0. The summed E-state index contributed by atoms with van der Waals surface area (Å²) in [6, 6.07) is 47.7. The van der Waals surface area contributed by atoms with E-state index in [4.69, 9.17) is 9.31 Å². The van der Waals surface area contributed by atoms with Crippen LogP contribution in [-0.4, -0.2) is 18.3 Å². The summed E-state index contributed by atoms with van der Waals surface area (Å²) in [6.45, 7) is 8.48. The van der Waals surface area contributed by atoms with E-state index in [0.29, 0.717) is 0 Å². The summed E-state index contributed by atoms with van der Waals surface area (Å²) in [5.41, 5.74) is 10.4. The quantitative estimate of drug-likeness (QED) is 0.140. The topological polar surface area (TPSA) is 18.5 Å². The van der Waals surface area contributed by atoms with Crippen molar-refractivity contribution in [2.24, 2.45) is 0 Å². The first-order chi connectivity index (χ1) is 22.3. The lowest BCUT2D eigenvalue weighted by Gasteiger charge is -2.32. The third-order valence-electron chi connectivity index (χ3n) is 11.5. The second-order valence-corrected chi connectivity index (χ2v) is 14.3. The molecule has 46 heavy (non-hydrogen) atoms. The zero-order chi connectivity index (χ0) is 31.0. The summed E-state index contributed by atoms with van der Waals surface area (Å²) in [5, 5.41) is 7.82. The highest BCUT2D eigenvalue weighted by molar-refractivity contribution is 6.62. The van der Waals surface area contributed by atoms with E-state index < -0.39 is 23.7 Å². The molecule has 2 nitrogen and oxygen atoms in total. The van der Waals surface area contributed by atoms with Crippen LogP contribution in [0.25, 0.3) is 54.6 Å². The van der Waals surface area contributed by atoms with E-state index in [0.717, 1.165) is 5.46 Å². The van der Waals surface area contributed by atoms with E-state index in [2.05, 4.69) is 155 Å². The molecule has 1 aliphatic heterocycles. The number of benzene rings is 7. The third kappa shape index (κ3) is 3.15. The summed E-state index contributed by atoms with van der Waals surface area (Å²) in [7, 11) is -0.411. The largest absolute Gasteiger partial charge is 0.494 e. The molecular formula is C43H33BO2. The van der Waals surface area contributed by atoms with Crippen molar-refractivity contribution >= 4 is 44.9 Å². The molecule has 7 aromatic carbocycles. The highest BCUT2D eigenvalue weighted by Gasteiger charge is 2.54. The van der Waals surface area contributed by atoms with E-state index in [1.165, 1.54) is 76.8 Å². The van der Waals surface area contributed by atoms with Crippen LogP contribution < -0.4 is 5.46 Å². The van der Waals surface area contributed by atoms with Crippen molar-refractivity contribution in [3.63, 3.8) is 0 Å². The molecule has 0 bridgehead atoms. The molecule has 220 valence electrons. The van der Waals surface area contributed by atoms with Gasteiger partial charge < -0.3 is 9.31 Å². The molecule has 0 radical (unpaired) electrons. The molecule has 3 heteroatoms. The Morgan fingerprint density at radius 3 is 1.39 bits per heavy atom. The van der Waals surface area contributed by atoms with Gasteiger partial charge in [0.2, 0.25) is 0 Å². The first-order valence-electron chi connectivity index (χ1n) is 16.4. The lowest BCUT2D eigenvalue weighted by Crippen LogP contribution is -2.41. The average molecular weight is 593 g/mol. The van der Waals surface area contributed by atoms with Gasteiger partial charge in [0.1, 0.15) is 0 Å². The fraction of sp³-hybridized carbons (Fsp3) is 0.163. The van der Waals surface area contributed by atoms with E-state index >= 15 is 0 Å². The molecule has 1 heterocycles. The van der Waals surface area contributed by atoms with Gasteiger partial charge in [0.15, 0.2) is 0 Å². The average Bonchev–Trinajstić information content (AvgIpc) is 3.62. The minimum Gasteiger partial charge on any atom is -0.399 e. The predicted octanol–water partition coefficient (Wildman–Crippen LogP) is 9.79. The van der Waals surface area contributed by atoms with Crippen LogP contribution in [0.1, 0.15) is 49.9 Å². The van der Waals surface area contributed by atoms with Gasteiger partial charge >= 0.3 is 7.12 Å². The lowest BCUT2D eigenvalue weighted by atomic mass is 9.69. The van der Waals surface area contributed by atoms with Gasteiger partial charge in [-0.15, -0.1) is 0 Å². The fourth-order valence-electron chi connectivity index (χ4n) is 8.68. The Balaban J connectivity index is 1.30. The molecular weight excluding hydrogens is 559 g/mol. The Morgan fingerprint density at radius 1 is 0.391 bits per heavy atom. The monoisotopic (exact) mass is 592 g/mol. The Hall–Kier alpha value is -4.70. The normalized spacial score (nSPS) is 20.0. The maximum absolute atomic E-state index is 6.53. The summed E-state index contributed by atoms with van der Waals surface area (Å²) in [6.07, 6.45) is 0. The number of hydrogen-bond donors (Lipinski definition) is 0. The maximum atomic E-state index is 6.53. The molecule has 2 aliphatic carbocycles. The van der Waals surface area contributed by atoms with Crippen molar-refractivity contribution in [2.75, 3.05) is 0 Å². The highest BCUT2D eigenvalue weighted by atomic mass is 16.7. The van der Waals surface area contributed by atoms with Gasteiger partial charge in [0.05, 0.1) is 16.6 Å². The van der Waals surface area contributed by atoms with Crippen molar-refractivity contribution in [1.29, 1.82) is 0 Å². The Bertz CT molecular complexity index is 2440. The second-order valence-electron chi connectivity index (χ2n) is 14.3. The number of hydrogen-bond acceptors (Lipinski definition) is 2. The SMILES string of the molecule is CC1(C)OB(c2ccc3c(c2)-c2ccccc2C32c3ccccc3-c3cc4c5ccccc5c5ccccc5c4cc32)OC1(C)C. The van der Waals surface area contributed by atoms with Crippen molar-refractivity contribution < 1.29 is 9.31 Å². The fourth-order valence-corrected chi connectivity index (χ4v) is 8.68. The van der Waals surface area contributed by atoms with Crippen molar-refractivity contribution in [3.8, 4) is 22.3 Å². The molecule has 1 atom stereocenters. The van der Waals surface area contributed by atoms with E-state index in [1.807, 2.05) is 0 Å². The van der Waals surface area contributed by atoms with Crippen molar-refractivity contribution in [2.45, 2.75) is 44.3 Å². The van der Waals surface area contributed by atoms with Gasteiger partial charge in [-0.1, -0.05) is 115 Å². The van der Waals surface area contributed by atoms with Crippen LogP contribution >= 0.6 is 0 Å². The van der Waals surface area contributed by atoms with E-state index in [9.17, 15) is 0 Å². The second kappa shape index (κ2) is 8.76. The zero-order valence-electron chi connectivity index (χ0n) is 26.5. The molecule has 7 aromatic rings. The van der Waals surface area contributed by atoms with Crippen LogP contribution in [0.3, 0.4) is 0 Å². The van der Waals surface area contributed by atoms with Crippen molar-refractivity contribution in [1.82, 2.24) is 0 Å². The van der Waals surface area contributed by atoms with E-state index in [-0.39, 0.29) is 0 Å². The minimum absolute atomic E-state index is 0.396. The summed E-state index contributed by atoms with van der Waals surface area (Å²) >= 11 is 0. The summed E-state index contributed by atoms with van der Waals surface area (Å²) in [5.74, 6) is 0. The molecule has 1 saturated heterocycles. The van der Waals surface area contributed by atoms with Gasteiger partial charge in [0.25, 0.3) is 0 Å². The van der Waals surface area contributed by atoms with Gasteiger partial charge in [-0.2, -0.15) is 0 Å². The van der Waals surface area contributed by atoms with Crippen LogP contribution in [-0.2, 0) is 14.7 Å². The minimum atomic E-state index is -0.423. The molecule has 1 fully saturated rings. The number of fused-ring (bicyclic) bond motifs is 16. The zero-order valence-corrected chi connectivity index (χ0v) is 26.5. The molecule has 0 amide bonds. The smallest absolute Gasteiger partial charge is 0.399 e.